The lowest BCUT2D eigenvalue weighted by atomic mass is 9.67. The first-order valence-electron chi connectivity index (χ1n) is 20.4. The maximum absolute atomic E-state index is 2.52. The van der Waals surface area contributed by atoms with E-state index in [2.05, 4.69) is 252 Å². The number of rotatable bonds is 8. The number of hydrogen-bond acceptors (Lipinski definition) is 2. The summed E-state index contributed by atoms with van der Waals surface area (Å²) in [5.74, 6) is 0. The molecule has 2 nitrogen and oxygen atoms in total. The maximum Gasteiger partial charge on any atom is 0.0714 e. The van der Waals surface area contributed by atoms with E-state index in [0.29, 0.717) is 0 Å². The van der Waals surface area contributed by atoms with Gasteiger partial charge in [-0.3, -0.25) is 0 Å². The van der Waals surface area contributed by atoms with Gasteiger partial charge in [0.05, 0.1) is 11.1 Å². The van der Waals surface area contributed by atoms with Crippen molar-refractivity contribution in [1.29, 1.82) is 0 Å². The fraction of sp³-hybridized carbons (Fsp3) is 0.0175. The highest BCUT2D eigenvalue weighted by molar-refractivity contribution is 6.18. The van der Waals surface area contributed by atoms with E-state index in [1.165, 1.54) is 60.6 Å². The molecule has 0 atom stereocenters. The number of para-hydroxylation sites is 3. The molecule has 0 aliphatic heterocycles. The third-order valence-corrected chi connectivity index (χ3v) is 12.1. The van der Waals surface area contributed by atoms with Gasteiger partial charge in [-0.2, -0.15) is 0 Å². The van der Waals surface area contributed by atoms with Crippen LogP contribution in [0.25, 0.3) is 32.7 Å². The van der Waals surface area contributed by atoms with E-state index in [-0.39, 0.29) is 0 Å². The molecule has 0 N–H and O–H groups in total. The summed E-state index contributed by atoms with van der Waals surface area (Å²) in [4.78, 5) is 4.86. The Labute approximate surface area is 345 Å². The molecule has 0 saturated heterocycles. The van der Waals surface area contributed by atoms with Gasteiger partial charge >= 0.3 is 0 Å². The number of anilines is 6. The maximum atomic E-state index is 2.52. The second-order valence-electron chi connectivity index (χ2n) is 15.3. The van der Waals surface area contributed by atoms with Gasteiger partial charge in [0, 0.05) is 39.4 Å². The lowest BCUT2D eigenvalue weighted by Gasteiger charge is -2.35. The van der Waals surface area contributed by atoms with Crippen LogP contribution in [0, 0.1) is 0 Å². The van der Waals surface area contributed by atoms with Gasteiger partial charge in [0.25, 0.3) is 0 Å². The molecule has 0 heterocycles. The molecule has 1 aliphatic rings. The molecule has 1 aliphatic carbocycles. The van der Waals surface area contributed by atoms with E-state index in [4.69, 9.17) is 0 Å². The van der Waals surface area contributed by atoms with Gasteiger partial charge in [0.2, 0.25) is 0 Å². The van der Waals surface area contributed by atoms with E-state index in [9.17, 15) is 0 Å². The lowest BCUT2D eigenvalue weighted by Crippen LogP contribution is -2.28. The zero-order valence-electron chi connectivity index (χ0n) is 32.5. The second-order valence-corrected chi connectivity index (χ2v) is 15.3. The van der Waals surface area contributed by atoms with Gasteiger partial charge in [-0.05, 0) is 105 Å². The smallest absolute Gasteiger partial charge is 0.0714 e. The monoisotopic (exact) mass is 752 g/mol. The van der Waals surface area contributed by atoms with Crippen molar-refractivity contribution in [2.75, 3.05) is 9.80 Å². The normalized spacial score (nSPS) is 12.5. The van der Waals surface area contributed by atoms with Crippen LogP contribution in [0.1, 0.15) is 22.3 Å². The zero-order chi connectivity index (χ0) is 39.2. The van der Waals surface area contributed by atoms with Crippen molar-refractivity contribution >= 4 is 55.7 Å². The van der Waals surface area contributed by atoms with Gasteiger partial charge in [0.15, 0.2) is 0 Å². The molecule has 59 heavy (non-hydrogen) atoms. The van der Waals surface area contributed by atoms with Gasteiger partial charge in [-0.1, -0.05) is 182 Å². The average Bonchev–Trinajstić information content (AvgIpc) is 3.61. The Bertz CT molecular complexity index is 3010. The summed E-state index contributed by atoms with van der Waals surface area (Å²) in [5, 5.41) is 4.89. The Morgan fingerprint density at radius 1 is 0.288 bits per heavy atom. The molecule has 2 heteroatoms. The molecular weight excluding hydrogens is 713 g/mol. The van der Waals surface area contributed by atoms with Crippen LogP contribution in [0.3, 0.4) is 0 Å². The lowest BCUT2D eigenvalue weighted by molar-refractivity contribution is 0.769. The van der Waals surface area contributed by atoms with Crippen molar-refractivity contribution in [3.05, 3.63) is 265 Å². The van der Waals surface area contributed by atoms with Crippen molar-refractivity contribution in [2.45, 2.75) is 5.41 Å². The first-order chi connectivity index (χ1) is 29.3. The molecule has 0 bridgehead atoms. The minimum atomic E-state index is -0.573. The standard InChI is InChI=1S/C57H40N2/c1-6-22-42(23-7-1)57(43-24-8-2-9-25-43)53-36-19-18-35-51(53)55-54(57)40-52-49-34-17-16-21-41(49)37-38-50(52)56(55)59(46-30-14-5-15-31-46)48-33-20-32-47(39-48)58(44-26-10-3-11-27-44)45-28-12-4-13-29-45/h1-40H. The number of fused-ring (bicyclic) bond motifs is 6. The first kappa shape index (κ1) is 34.6. The summed E-state index contributed by atoms with van der Waals surface area (Å²) in [6.07, 6.45) is 0. The van der Waals surface area contributed by atoms with Crippen LogP contribution in [0.2, 0.25) is 0 Å². The molecule has 0 amide bonds. The molecular formula is C57H40N2. The summed E-state index contributed by atoms with van der Waals surface area (Å²) in [7, 11) is 0. The van der Waals surface area contributed by atoms with Crippen LogP contribution in [-0.4, -0.2) is 0 Å². The van der Waals surface area contributed by atoms with Crippen molar-refractivity contribution in [3.63, 3.8) is 0 Å². The fourth-order valence-electron chi connectivity index (χ4n) is 9.63. The molecule has 0 unspecified atom stereocenters. The van der Waals surface area contributed by atoms with Crippen molar-refractivity contribution in [3.8, 4) is 11.1 Å². The molecule has 10 aromatic rings. The summed E-state index contributed by atoms with van der Waals surface area (Å²) in [6, 6.07) is 88.6. The molecule has 0 spiro atoms. The Morgan fingerprint density at radius 2 is 0.763 bits per heavy atom. The van der Waals surface area contributed by atoms with Crippen molar-refractivity contribution < 1.29 is 0 Å². The Hall–Kier alpha value is -7.68. The highest BCUT2D eigenvalue weighted by Gasteiger charge is 2.48. The topological polar surface area (TPSA) is 6.48 Å². The Balaban J connectivity index is 1.28. The number of hydrogen-bond donors (Lipinski definition) is 0. The molecule has 278 valence electrons. The van der Waals surface area contributed by atoms with Crippen LogP contribution in [0.15, 0.2) is 243 Å². The summed E-state index contributed by atoms with van der Waals surface area (Å²) in [5.41, 5.74) is 13.6. The summed E-state index contributed by atoms with van der Waals surface area (Å²) >= 11 is 0. The summed E-state index contributed by atoms with van der Waals surface area (Å²) < 4.78 is 0. The Kier molecular flexibility index (Phi) is 8.41. The number of benzene rings is 10. The molecule has 11 rings (SSSR count). The SMILES string of the molecule is c1ccc(N(c2ccccc2)c2cccc(N(c3ccccc3)c3c4c(cc5c3ccc3ccccc35)C(c3ccccc3)(c3ccccc3)c3ccccc3-4)c2)cc1. The van der Waals surface area contributed by atoms with E-state index < -0.39 is 5.41 Å². The predicted molar refractivity (Wildman–Crippen MR) is 248 cm³/mol. The second kappa shape index (κ2) is 14.4. The van der Waals surface area contributed by atoms with Crippen molar-refractivity contribution in [1.82, 2.24) is 0 Å². The van der Waals surface area contributed by atoms with Crippen LogP contribution in [0.5, 0.6) is 0 Å². The molecule has 10 aromatic carbocycles. The first-order valence-corrected chi connectivity index (χ1v) is 20.4. The zero-order valence-corrected chi connectivity index (χ0v) is 32.5. The van der Waals surface area contributed by atoms with Crippen molar-refractivity contribution in [2.24, 2.45) is 0 Å². The highest BCUT2D eigenvalue weighted by atomic mass is 15.2. The minimum Gasteiger partial charge on any atom is -0.310 e. The van der Waals surface area contributed by atoms with Gasteiger partial charge in [-0.25, -0.2) is 0 Å². The largest absolute Gasteiger partial charge is 0.310 e. The Morgan fingerprint density at radius 3 is 1.37 bits per heavy atom. The number of nitrogens with zero attached hydrogens (tertiary/aromatic N) is 2. The third-order valence-electron chi connectivity index (χ3n) is 12.1. The van der Waals surface area contributed by atoms with Crippen LogP contribution < -0.4 is 9.80 Å². The molecule has 0 fully saturated rings. The quantitative estimate of drug-likeness (QED) is 0.143. The van der Waals surface area contributed by atoms with Crippen LogP contribution >= 0.6 is 0 Å². The van der Waals surface area contributed by atoms with Gasteiger partial charge in [-0.15, -0.1) is 0 Å². The molecule has 0 radical (unpaired) electrons. The van der Waals surface area contributed by atoms with Gasteiger partial charge in [0.1, 0.15) is 0 Å². The highest BCUT2D eigenvalue weighted by Crippen LogP contribution is 2.61. The van der Waals surface area contributed by atoms with E-state index >= 15 is 0 Å². The summed E-state index contributed by atoms with van der Waals surface area (Å²) in [6.45, 7) is 0. The predicted octanol–water partition coefficient (Wildman–Crippen LogP) is 15.3. The van der Waals surface area contributed by atoms with Crippen LogP contribution in [0.4, 0.5) is 34.1 Å². The average molecular weight is 753 g/mol. The van der Waals surface area contributed by atoms with E-state index in [0.717, 1.165) is 28.4 Å². The van der Waals surface area contributed by atoms with E-state index in [1.807, 2.05) is 0 Å². The fourth-order valence-corrected chi connectivity index (χ4v) is 9.63. The third kappa shape index (κ3) is 5.56. The molecule has 0 aromatic heterocycles. The van der Waals surface area contributed by atoms with Gasteiger partial charge < -0.3 is 9.80 Å². The van der Waals surface area contributed by atoms with E-state index in [1.54, 1.807) is 0 Å². The minimum absolute atomic E-state index is 0.573. The molecule has 0 saturated carbocycles. The van der Waals surface area contributed by atoms with Crippen LogP contribution in [-0.2, 0) is 5.41 Å².